The molecule has 3 aromatic rings. The number of rotatable bonds is 4. The van der Waals surface area contributed by atoms with Gasteiger partial charge >= 0.3 is 0 Å². The molecule has 26 heavy (non-hydrogen) atoms. The van der Waals surface area contributed by atoms with Crippen LogP contribution in [0.1, 0.15) is 22.5 Å². The molecule has 0 aliphatic rings. The molecule has 0 aliphatic carbocycles. The standard InChI is InChI=1S/C19H21N3O3S/c1-12-9-13(2)18(14(3)10-12)26(24,25)20-11-17-21-16-8-6-5-7-15(16)19(23)22(17)4/h5-10,20H,11H2,1-4H3. The lowest BCUT2D eigenvalue weighted by Gasteiger charge is -2.14. The van der Waals surface area contributed by atoms with E-state index in [9.17, 15) is 13.2 Å². The Balaban J connectivity index is 1.98. The Kier molecular flexibility index (Phi) is 4.68. The fourth-order valence-electron chi connectivity index (χ4n) is 3.24. The quantitative estimate of drug-likeness (QED) is 0.763. The molecule has 0 radical (unpaired) electrons. The molecule has 0 atom stereocenters. The highest BCUT2D eigenvalue weighted by Crippen LogP contribution is 2.21. The van der Waals surface area contributed by atoms with Crippen molar-refractivity contribution in [3.8, 4) is 0 Å². The molecule has 0 amide bonds. The minimum Gasteiger partial charge on any atom is -0.298 e. The monoisotopic (exact) mass is 371 g/mol. The molecular weight excluding hydrogens is 350 g/mol. The Hall–Kier alpha value is -2.51. The van der Waals surface area contributed by atoms with Gasteiger partial charge in [0, 0.05) is 7.05 Å². The third kappa shape index (κ3) is 3.27. The summed E-state index contributed by atoms with van der Waals surface area (Å²) >= 11 is 0. The van der Waals surface area contributed by atoms with E-state index in [2.05, 4.69) is 9.71 Å². The van der Waals surface area contributed by atoms with Gasteiger partial charge in [-0.1, -0.05) is 29.8 Å². The molecule has 1 N–H and O–H groups in total. The molecule has 0 unspecified atom stereocenters. The number of para-hydroxylation sites is 1. The van der Waals surface area contributed by atoms with Crippen LogP contribution in [0.15, 0.2) is 46.1 Å². The Morgan fingerprint density at radius 2 is 1.69 bits per heavy atom. The minimum atomic E-state index is -3.72. The van der Waals surface area contributed by atoms with Gasteiger partial charge in [0.25, 0.3) is 5.56 Å². The lowest BCUT2D eigenvalue weighted by atomic mass is 10.1. The number of hydrogen-bond acceptors (Lipinski definition) is 4. The van der Waals surface area contributed by atoms with E-state index in [1.54, 1.807) is 45.2 Å². The molecule has 0 saturated heterocycles. The third-order valence-electron chi connectivity index (χ3n) is 4.37. The summed E-state index contributed by atoms with van der Waals surface area (Å²) in [5.74, 6) is 0.361. The van der Waals surface area contributed by atoms with Crippen LogP contribution < -0.4 is 10.3 Å². The number of aryl methyl sites for hydroxylation is 3. The zero-order valence-corrected chi connectivity index (χ0v) is 16.0. The summed E-state index contributed by atoms with van der Waals surface area (Å²) in [5, 5.41) is 0.506. The second kappa shape index (κ2) is 6.66. The van der Waals surface area contributed by atoms with Crippen molar-refractivity contribution in [1.82, 2.24) is 14.3 Å². The van der Waals surface area contributed by atoms with E-state index in [1.165, 1.54) is 4.57 Å². The second-order valence-electron chi connectivity index (χ2n) is 6.46. The number of sulfonamides is 1. The maximum Gasteiger partial charge on any atom is 0.261 e. The molecule has 2 aromatic carbocycles. The Labute approximate surface area is 152 Å². The molecule has 1 heterocycles. The van der Waals surface area contributed by atoms with Crippen molar-refractivity contribution in [2.45, 2.75) is 32.2 Å². The van der Waals surface area contributed by atoms with Gasteiger partial charge in [-0.3, -0.25) is 9.36 Å². The van der Waals surface area contributed by atoms with Gasteiger partial charge in [0.15, 0.2) is 0 Å². The van der Waals surface area contributed by atoms with Crippen molar-refractivity contribution in [1.29, 1.82) is 0 Å². The van der Waals surface area contributed by atoms with Crippen LogP contribution in [0.3, 0.4) is 0 Å². The topological polar surface area (TPSA) is 81.1 Å². The number of nitrogens with one attached hydrogen (secondary N) is 1. The van der Waals surface area contributed by atoms with Crippen molar-refractivity contribution >= 4 is 20.9 Å². The predicted octanol–water partition coefficient (Wildman–Crippen LogP) is 2.34. The minimum absolute atomic E-state index is 0.0638. The van der Waals surface area contributed by atoms with E-state index >= 15 is 0 Å². The maximum absolute atomic E-state index is 12.8. The third-order valence-corrected chi connectivity index (χ3v) is 6.08. The molecule has 0 saturated carbocycles. The van der Waals surface area contributed by atoms with Gasteiger partial charge in [0.2, 0.25) is 10.0 Å². The first kappa shape index (κ1) is 18.3. The fourth-order valence-corrected chi connectivity index (χ4v) is 4.67. The molecule has 0 spiro atoms. The second-order valence-corrected chi connectivity index (χ2v) is 8.17. The highest BCUT2D eigenvalue weighted by Gasteiger charge is 2.20. The summed E-state index contributed by atoms with van der Waals surface area (Å²) in [7, 11) is -2.13. The number of benzene rings is 2. The first-order valence-electron chi connectivity index (χ1n) is 8.23. The molecule has 1 aromatic heterocycles. The maximum atomic E-state index is 12.8. The van der Waals surface area contributed by atoms with Crippen molar-refractivity contribution in [3.63, 3.8) is 0 Å². The number of hydrogen-bond donors (Lipinski definition) is 1. The molecule has 0 aliphatic heterocycles. The average Bonchev–Trinajstić information content (AvgIpc) is 2.55. The van der Waals surface area contributed by atoms with Crippen LogP contribution in [0, 0.1) is 20.8 Å². The Morgan fingerprint density at radius 3 is 2.35 bits per heavy atom. The predicted molar refractivity (Wildman–Crippen MR) is 102 cm³/mol. The van der Waals surface area contributed by atoms with Crippen LogP contribution in [-0.2, 0) is 23.6 Å². The highest BCUT2D eigenvalue weighted by atomic mass is 32.2. The lowest BCUT2D eigenvalue weighted by molar-refractivity contribution is 0.575. The number of fused-ring (bicyclic) bond motifs is 1. The first-order chi connectivity index (χ1) is 12.2. The van der Waals surface area contributed by atoms with Gasteiger partial charge < -0.3 is 0 Å². The van der Waals surface area contributed by atoms with Gasteiger partial charge in [0.1, 0.15) is 5.82 Å². The van der Waals surface area contributed by atoms with Gasteiger partial charge in [-0.2, -0.15) is 0 Å². The first-order valence-corrected chi connectivity index (χ1v) is 9.71. The number of aromatic nitrogens is 2. The van der Waals surface area contributed by atoms with Crippen molar-refractivity contribution < 1.29 is 8.42 Å². The van der Waals surface area contributed by atoms with Crippen LogP contribution in [0.2, 0.25) is 0 Å². The van der Waals surface area contributed by atoms with E-state index in [4.69, 9.17) is 0 Å². The molecule has 0 fully saturated rings. The van der Waals surface area contributed by atoms with Crippen molar-refractivity contribution in [2.75, 3.05) is 0 Å². The summed E-state index contributed by atoms with van der Waals surface area (Å²) in [5.41, 5.74) is 2.74. The van der Waals surface area contributed by atoms with Crippen LogP contribution >= 0.6 is 0 Å². The summed E-state index contributed by atoms with van der Waals surface area (Å²) < 4.78 is 29.5. The zero-order valence-electron chi connectivity index (χ0n) is 15.2. The SMILES string of the molecule is Cc1cc(C)c(S(=O)(=O)NCc2nc3ccccc3c(=O)n2C)c(C)c1. The largest absolute Gasteiger partial charge is 0.298 e. The summed E-state index contributed by atoms with van der Waals surface area (Å²) in [4.78, 5) is 17.1. The molecular formula is C19H21N3O3S. The molecule has 136 valence electrons. The van der Waals surface area contributed by atoms with E-state index in [0.29, 0.717) is 27.9 Å². The molecule has 0 bridgehead atoms. The molecule has 6 nitrogen and oxygen atoms in total. The van der Waals surface area contributed by atoms with Crippen molar-refractivity contribution in [2.24, 2.45) is 7.05 Å². The highest BCUT2D eigenvalue weighted by molar-refractivity contribution is 7.89. The smallest absolute Gasteiger partial charge is 0.261 e. The normalized spacial score (nSPS) is 11.8. The van der Waals surface area contributed by atoms with E-state index < -0.39 is 10.0 Å². The lowest BCUT2D eigenvalue weighted by Crippen LogP contribution is -2.30. The number of nitrogens with zero attached hydrogens (tertiary/aromatic N) is 2. The molecule has 7 heteroatoms. The molecule has 3 rings (SSSR count). The van der Waals surface area contributed by atoms with Crippen molar-refractivity contribution in [3.05, 3.63) is 69.3 Å². The fraction of sp³-hybridized carbons (Fsp3) is 0.263. The van der Waals surface area contributed by atoms with E-state index in [-0.39, 0.29) is 17.0 Å². The van der Waals surface area contributed by atoms with E-state index in [0.717, 1.165) is 5.56 Å². The van der Waals surface area contributed by atoms with Crippen LogP contribution in [0.25, 0.3) is 10.9 Å². The Bertz CT molecular complexity index is 1140. The van der Waals surface area contributed by atoms with Gasteiger partial charge in [0.05, 0.1) is 22.3 Å². The summed E-state index contributed by atoms with van der Waals surface area (Å²) in [6.45, 7) is 5.42. The van der Waals surface area contributed by atoms with Gasteiger partial charge in [-0.15, -0.1) is 0 Å². The Morgan fingerprint density at radius 1 is 1.08 bits per heavy atom. The van der Waals surface area contributed by atoms with E-state index in [1.807, 2.05) is 19.1 Å². The van der Waals surface area contributed by atoms with Crippen LogP contribution in [-0.4, -0.2) is 18.0 Å². The average molecular weight is 371 g/mol. The van der Waals surface area contributed by atoms with Crippen LogP contribution in [0.5, 0.6) is 0 Å². The van der Waals surface area contributed by atoms with Gasteiger partial charge in [-0.25, -0.2) is 18.1 Å². The zero-order chi connectivity index (χ0) is 19.1. The summed E-state index contributed by atoms with van der Waals surface area (Å²) in [6, 6.07) is 10.7. The van der Waals surface area contributed by atoms with Gasteiger partial charge in [-0.05, 0) is 44.0 Å². The van der Waals surface area contributed by atoms with Crippen LogP contribution in [0.4, 0.5) is 0 Å². The summed E-state index contributed by atoms with van der Waals surface area (Å²) in [6.07, 6.45) is 0.